The van der Waals surface area contributed by atoms with Crippen molar-refractivity contribution in [3.05, 3.63) is 0 Å². The van der Waals surface area contributed by atoms with Gasteiger partial charge in [-0.3, -0.25) is 0 Å². The summed E-state index contributed by atoms with van der Waals surface area (Å²) in [5.41, 5.74) is -3.11. The molecule has 0 amide bonds. The van der Waals surface area contributed by atoms with Crippen molar-refractivity contribution in [2.24, 2.45) is 0 Å². The van der Waals surface area contributed by atoms with Gasteiger partial charge in [-0.2, -0.15) is 0 Å². The van der Waals surface area contributed by atoms with Gasteiger partial charge in [0.05, 0.1) is 0 Å². The molecule has 0 bridgehead atoms. The largest absolute Gasteiger partial charge is 0.338 e. The summed E-state index contributed by atoms with van der Waals surface area (Å²) in [5.74, 6) is 0. The third-order valence-electron chi connectivity index (χ3n) is 3.21. The minimum atomic E-state index is -3.11. The van der Waals surface area contributed by atoms with E-state index in [1.165, 1.54) is 51.4 Å². The SMILES string of the molecule is CCCCCCC[CH2][Zn][CH2]CCCCC.OP(O)(=S)S. The maximum atomic E-state index is 7.87. The average Bonchev–Trinajstić information content (AvgIpc) is 2.34. The summed E-state index contributed by atoms with van der Waals surface area (Å²) in [6.07, 6.45) is 14.9. The molecule has 0 rings (SSSR count). The van der Waals surface area contributed by atoms with E-state index in [0.29, 0.717) is 0 Å². The average molecular weight is 394 g/mol. The van der Waals surface area contributed by atoms with Crippen LogP contribution in [0.1, 0.15) is 78.1 Å². The first-order chi connectivity index (χ1) is 9.41. The zero-order valence-electron chi connectivity index (χ0n) is 13.4. The standard InChI is InChI=1S/C8H17.C6H13.H3O2PS2.Zn/c1-3-5-7-8-6-4-2;1-3-5-6-4-2;1-3(2,4)5;/h1,3-8H2,2H3;1,3-6H2,2H3;(H3,1,2,4,5);. The van der Waals surface area contributed by atoms with Crippen molar-refractivity contribution in [2.45, 2.75) is 88.1 Å². The first kappa shape index (κ1) is 23.8. The number of rotatable bonds is 12. The van der Waals surface area contributed by atoms with E-state index in [4.69, 9.17) is 9.79 Å². The summed E-state index contributed by atoms with van der Waals surface area (Å²) < 4.78 is 0. The zero-order valence-corrected chi connectivity index (χ0v) is 19.0. The first-order valence-electron chi connectivity index (χ1n) is 8.20. The third kappa shape index (κ3) is 36.6. The van der Waals surface area contributed by atoms with Crippen LogP contribution in [-0.4, -0.2) is 9.79 Å². The number of hydrogen-bond donors (Lipinski definition) is 3. The Bertz CT molecular complexity index is 205. The molecule has 0 radical (unpaired) electrons. The maximum absolute atomic E-state index is 7.87. The second-order valence-corrected chi connectivity index (χ2v) is 14.9. The van der Waals surface area contributed by atoms with Crippen molar-refractivity contribution in [2.75, 3.05) is 0 Å². The van der Waals surface area contributed by atoms with Crippen LogP contribution in [0.3, 0.4) is 0 Å². The van der Waals surface area contributed by atoms with Crippen molar-refractivity contribution in [1.29, 1.82) is 0 Å². The summed E-state index contributed by atoms with van der Waals surface area (Å²) >= 11 is 7.02. The van der Waals surface area contributed by atoms with E-state index in [9.17, 15) is 0 Å². The summed E-state index contributed by atoms with van der Waals surface area (Å²) in [7, 11) is 0. The van der Waals surface area contributed by atoms with E-state index >= 15 is 0 Å². The summed E-state index contributed by atoms with van der Waals surface area (Å²) in [6.45, 7) is 4.60. The molecule has 6 heteroatoms. The second kappa shape index (κ2) is 18.6. The van der Waals surface area contributed by atoms with Gasteiger partial charge >= 0.3 is 105 Å². The second-order valence-electron chi connectivity index (χ2n) is 5.40. The normalized spacial score (nSPS) is 10.7. The van der Waals surface area contributed by atoms with Gasteiger partial charge in [0.25, 0.3) is 0 Å². The van der Waals surface area contributed by atoms with Gasteiger partial charge in [-0.05, 0) is 11.8 Å². The minimum absolute atomic E-state index is 0.0551. The van der Waals surface area contributed by atoms with Gasteiger partial charge in [-0.15, -0.1) is 0 Å². The molecule has 0 aliphatic heterocycles. The van der Waals surface area contributed by atoms with Crippen molar-refractivity contribution in [3.63, 3.8) is 0 Å². The Hall–Kier alpha value is 1.54. The van der Waals surface area contributed by atoms with Gasteiger partial charge in [0.1, 0.15) is 0 Å². The molecule has 2 N–H and O–H groups in total. The Morgan fingerprint density at radius 3 is 1.50 bits per heavy atom. The van der Waals surface area contributed by atoms with Crippen molar-refractivity contribution < 1.29 is 26.9 Å². The number of hydrogen-bond acceptors (Lipinski definition) is 1. The van der Waals surface area contributed by atoms with E-state index in [0.717, 1.165) is 0 Å². The van der Waals surface area contributed by atoms with Crippen LogP contribution in [0.5, 0.6) is 0 Å². The molecule has 0 aliphatic rings. The van der Waals surface area contributed by atoms with E-state index in [1.807, 2.05) is 0 Å². The molecule has 0 aliphatic carbocycles. The molecule has 0 aromatic heterocycles. The van der Waals surface area contributed by atoms with Gasteiger partial charge in [0.15, 0.2) is 0 Å². The molecule has 0 saturated heterocycles. The quantitative estimate of drug-likeness (QED) is 0.165. The molecule has 0 unspecified atom stereocenters. The Labute approximate surface area is 144 Å². The predicted octanol–water partition coefficient (Wildman–Crippen LogP) is 5.97. The molecule has 0 spiro atoms. The van der Waals surface area contributed by atoms with Gasteiger partial charge < -0.3 is 9.79 Å². The molecule has 120 valence electrons. The topological polar surface area (TPSA) is 40.5 Å². The Morgan fingerprint density at radius 2 is 1.10 bits per heavy atom. The molecule has 2 nitrogen and oxygen atoms in total. The summed E-state index contributed by atoms with van der Waals surface area (Å²) in [6, 6.07) is 0. The molecule has 0 fully saturated rings. The smallest absolute Gasteiger partial charge is 0.239 e. The van der Waals surface area contributed by atoms with Gasteiger partial charge in [0.2, 0.25) is 5.69 Å². The summed E-state index contributed by atoms with van der Waals surface area (Å²) in [4.78, 5) is 15.7. The fourth-order valence-electron chi connectivity index (χ4n) is 2.09. The van der Waals surface area contributed by atoms with Gasteiger partial charge in [-0.1, -0.05) is 12.2 Å². The molecule has 0 aromatic carbocycles. The zero-order chi connectivity index (χ0) is 15.7. The van der Waals surface area contributed by atoms with E-state index < -0.39 is 5.69 Å². The van der Waals surface area contributed by atoms with Crippen LogP contribution in [0.2, 0.25) is 10.0 Å². The van der Waals surface area contributed by atoms with Crippen LogP contribution in [0.4, 0.5) is 0 Å². The van der Waals surface area contributed by atoms with Crippen molar-refractivity contribution in [3.8, 4) is 0 Å². The van der Waals surface area contributed by atoms with Gasteiger partial charge in [-0.25, -0.2) is 0 Å². The molecular formula is C14H33O2PS2Zn. The predicted molar refractivity (Wildman–Crippen MR) is 94.8 cm³/mol. The van der Waals surface area contributed by atoms with Crippen LogP contribution in [-0.2, 0) is 28.9 Å². The monoisotopic (exact) mass is 392 g/mol. The van der Waals surface area contributed by atoms with Crippen molar-refractivity contribution >= 4 is 29.7 Å². The first-order valence-corrected chi connectivity index (χ1v) is 16.3. The summed E-state index contributed by atoms with van der Waals surface area (Å²) in [5, 5.41) is 3.34. The molecule has 0 heterocycles. The van der Waals surface area contributed by atoms with Crippen LogP contribution in [0, 0.1) is 0 Å². The van der Waals surface area contributed by atoms with Gasteiger partial charge in [0, 0.05) is 0 Å². The fourth-order valence-corrected chi connectivity index (χ4v) is 5.80. The number of thiol groups is 1. The Balaban J connectivity index is 0. The number of unbranched alkanes of at least 4 members (excludes halogenated alkanes) is 8. The van der Waals surface area contributed by atoms with E-state index in [-0.39, 0.29) is 17.1 Å². The maximum Gasteiger partial charge on any atom is 0.239 e. The Kier molecular flexibility index (Phi) is 22.1. The minimum Gasteiger partial charge on any atom is -0.338 e. The molecule has 0 aromatic rings. The molecular weight excluding hydrogens is 361 g/mol. The van der Waals surface area contributed by atoms with Crippen LogP contribution < -0.4 is 0 Å². The van der Waals surface area contributed by atoms with Crippen LogP contribution >= 0.6 is 17.9 Å². The molecule has 20 heavy (non-hydrogen) atoms. The fraction of sp³-hybridized carbons (Fsp3) is 1.00. The van der Waals surface area contributed by atoms with Crippen LogP contribution in [0.15, 0.2) is 0 Å². The van der Waals surface area contributed by atoms with Crippen LogP contribution in [0.25, 0.3) is 0 Å². The van der Waals surface area contributed by atoms with E-state index in [1.54, 1.807) is 22.9 Å². The third-order valence-corrected chi connectivity index (χ3v) is 7.40. The van der Waals surface area contributed by atoms with E-state index in [2.05, 4.69) is 37.9 Å². The van der Waals surface area contributed by atoms with Crippen molar-refractivity contribution in [1.82, 2.24) is 0 Å². The Morgan fingerprint density at radius 1 is 0.800 bits per heavy atom. The molecule has 0 atom stereocenters. The molecule has 0 saturated carbocycles.